The van der Waals surface area contributed by atoms with E-state index >= 15 is 0 Å². The lowest BCUT2D eigenvalue weighted by Crippen LogP contribution is -2.46. The monoisotopic (exact) mass is 316 g/mol. The zero-order valence-electron chi connectivity index (χ0n) is 9.91. The van der Waals surface area contributed by atoms with Crippen LogP contribution in [0, 0.1) is 0 Å². The maximum atomic E-state index is 5.95. The van der Waals surface area contributed by atoms with Gasteiger partial charge in [0.15, 0.2) is 0 Å². The van der Waals surface area contributed by atoms with Gasteiger partial charge in [-0.2, -0.15) is 0 Å². The maximum Gasteiger partial charge on any atom is 0.0948 e. The van der Waals surface area contributed by atoms with E-state index in [-0.39, 0.29) is 5.60 Å². The highest BCUT2D eigenvalue weighted by Gasteiger charge is 2.46. The van der Waals surface area contributed by atoms with Crippen molar-refractivity contribution >= 4 is 27.3 Å². The smallest absolute Gasteiger partial charge is 0.0948 e. The quantitative estimate of drug-likeness (QED) is 0.920. The van der Waals surface area contributed by atoms with Gasteiger partial charge in [-0.3, -0.25) is 4.90 Å². The van der Waals surface area contributed by atoms with Gasteiger partial charge < -0.3 is 10.1 Å². The van der Waals surface area contributed by atoms with E-state index in [4.69, 9.17) is 4.74 Å². The summed E-state index contributed by atoms with van der Waals surface area (Å²) in [4.78, 5) is 2.36. The van der Waals surface area contributed by atoms with Crippen LogP contribution in [0.25, 0.3) is 0 Å². The molecule has 3 rings (SSSR count). The Kier molecular flexibility index (Phi) is 3.30. The van der Waals surface area contributed by atoms with Gasteiger partial charge in [0, 0.05) is 25.7 Å². The van der Waals surface area contributed by atoms with Crippen molar-refractivity contribution in [2.75, 3.05) is 26.7 Å². The molecule has 0 saturated carbocycles. The van der Waals surface area contributed by atoms with Crippen molar-refractivity contribution in [3.8, 4) is 0 Å². The second-order valence-electron chi connectivity index (χ2n) is 5.17. The molecule has 2 saturated heterocycles. The maximum absolute atomic E-state index is 5.95. The highest BCUT2D eigenvalue weighted by atomic mass is 79.9. The molecule has 2 atom stereocenters. The van der Waals surface area contributed by atoms with Crippen LogP contribution in [0.1, 0.15) is 12.0 Å². The van der Waals surface area contributed by atoms with Gasteiger partial charge in [0.2, 0.25) is 0 Å². The van der Waals surface area contributed by atoms with Crippen molar-refractivity contribution in [1.29, 1.82) is 0 Å². The van der Waals surface area contributed by atoms with Crippen LogP contribution in [0.5, 0.6) is 0 Å². The molecule has 17 heavy (non-hydrogen) atoms. The predicted molar refractivity (Wildman–Crippen MR) is 73.4 cm³/mol. The van der Waals surface area contributed by atoms with Crippen molar-refractivity contribution in [2.24, 2.45) is 0 Å². The number of hydrogen-bond donors (Lipinski definition) is 1. The van der Waals surface area contributed by atoms with E-state index < -0.39 is 0 Å². The normalized spacial score (nSPS) is 31.6. The zero-order valence-corrected chi connectivity index (χ0v) is 12.3. The van der Waals surface area contributed by atoms with E-state index in [1.807, 2.05) is 0 Å². The molecule has 3 heterocycles. The number of morpholine rings is 1. The van der Waals surface area contributed by atoms with Crippen LogP contribution in [0.15, 0.2) is 15.2 Å². The Labute approximate surface area is 114 Å². The molecule has 1 aromatic heterocycles. The second-order valence-corrected chi connectivity index (χ2v) is 7.40. The molecular weight excluding hydrogens is 300 g/mol. The molecule has 5 heteroatoms. The fourth-order valence-electron chi connectivity index (χ4n) is 2.87. The number of fused-ring (bicyclic) bond motifs is 2. The number of nitrogens with zero attached hydrogens (tertiary/aromatic N) is 1. The summed E-state index contributed by atoms with van der Waals surface area (Å²) in [7, 11) is 2.17. The van der Waals surface area contributed by atoms with Crippen molar-refractivity contribution in [3.05, 3.63) is 20.8 Å². The third kappa shape index (κ3) is 2.44. The predicted octanol–water partition coefficient (Wildman–Crippen LogP) is 2.07. The highest BCUT2D eigenvalue weighted by Crippen LogP contribution is 2.32. The molecule has 2 fully saturated rings. The van der Waals surface area contributed by atoms with E-state index in [0.29, 0.717) is 6.04 Å². The van der Waals surface area contributed by atoms with E-state index in [1.54, 1.807) is 11.3 Å². The molecule has 2 unspecified atom stereocenters. The van der Waals surface area contributed by atoms with Gasteiger partial charge in [-0.1, -0.05) is 0 Å². The van der Waals surface area contributed by atoms with Crippen molar-refractivity contribution < 1.29 is 4.74 Å². The molecule has 0 amide bonds. The average Bonchev–Trinajstić information content (AvgIpc) is 2.95. The molecule has 2 aliphatic rings. The van der Waals surface area contributed by atoms with E-state index in [2.05, 4.69) is 44.6 Å². The summed E-state index contributed by atoms with van der Waals surface area (Å²) in [6.45, 7) is 3.89. The molecule has 0 radical (unpaired) electrons. The first-order valence-corrected chi connectivity index (χ1v) is 7.62. The first-order chi connectivity index (χ1) is 8.17. The third-order valence-corrected chi connectivity index (χ3v) is 5.42. The van der Waals surface area contributed by atoms with Gasteiger partial charge in [-0.25, -0.2) is 0 Å². The standard InChI is InChI=1S/C12H17BrN2OS/c1-15(5-9-2-3-17-11(9)13)8-12-4-10(6-16-12)14-7-12/h2-3,10,14H,4-8H2,1H3. The molecule has 2 bridgehead atoms. The summed E-state index contributed by atoms with van der Waals surface area (Å²) >= 11 is 5.34. The minimum absolute atomic E-state index is 0.0713. The van der Waals surface area contributed by atoms with E-state index in [9.17, 15) is 0 Å². The average molecular weight is 317 g/mol. The van der Waals surface area contributed by atoms with E-state index in [0.717, 1.165) is 26.2 Å². The van der Waals surface area contributed by atoms with Crippen molar-refractivity contribution in [1.82, 2.24) is 10.2 Å². The Bertz CT molecular complexity index is 401. The van der Waals surface area contributed by atoms with Crippen LogP contribution in [-0.2, 0) is 11.3 Å². The molecule has 0 aromatic carbocycles. The van der Waals surface area contributed by atoms with Crippen LogP contribution in [0.2, 0.25) is 0 Å². The molecule has 0 spiro atoms. The lowest BCUT2D eigenvalue weighted by Gasteiger charge is -2.31. The lowest BCUT2D eigenvalue weighted by molar-refractivity contribution is -0.0267. The number of ether oxygens (including phenoxy) is 1. The largest absolute Gasteiger partial charge is 0.371 e. The minimum Gasteiger partial charge on any atom is -0.371 e. The first-order valence-electron chi connectivity index (χ1n) is 5.95. The Morgan fingerprint density at radius 2 is 2.59 bits per heavy atom. The summed E-state index contributed by atoms with van der Waals surface area (Å²) in [6.07, 6.45) is 1.17. The number of thiophene rings is 1. The summed E-state index contributed by atoms with van der Waals surface area (Å²) < 4.78 is 7.19. The van der Waals surface area contributed by atoms with Crippen molar-refractivity contribution in [3.63, 3.8) is 0 Å². The summed E-state index contributed by atoms with van der Waals surface area (Å²) in [5.41, 5.74) is 1.44. The van der Waals surface area contributed by atoms with Gasteiger partial charge in [0.05, 0.1) is 16.0 Å². The van der Waals surface area contributed by atoms with Gasteiger partial charge in [-0.15, -0.1) is 11.3 Å². The summed E-state index contributed by atoms with van der Waals surface area (Å²) in [6, 6.07) is 2.78. The Hall–Kier alpha value is 0.0600. The van der Waals surface area contributed by atoms with Crippen molar-refractivity contribution in [2.45, 2.75) is 24.6 Å². The Morgan fingerprint density at radius 3 is 3.12 bits per heavy atom. The van der Waals surface area contributed by atoms with E-state index in [1.165, 1.54) is 15.8 Å². The number of halogens is 1. The molecule has 2 aliphatic heterocycles. The third-order valence-electron chi connectivity index (χ3n) is 3.61. The van der Waals surface area contributed by atoms with Crippen LogP contribution in [-0.4, -0.2) is 43.3 Å². The molecule has 3 nitrogen and oxygen atoms in total. The fourth-order valence-corrected chi connectivity index (χ4v) is 4.08. The number of rotatable bonds is 4. The van der Waals surface area contributed by atoms with Gasteiger partial charge in [0.1, 0.15) is 0 Å². The zero-order chi connectivity index (χ0) is 11.9. The lowest BCUT2D eigenvalue weighted by atomic mass is 10.0. The van der Waals surface area contributed by atoms with Crippen LogP contribution in [0.4, 0.5) is 0 Å². The van der Waals surface area contributed by atoms with Crippen LogP contribution < -0.4 is 5.32 Å². The first kappa shape index (κ1) is 12.1. The summed E-state index contributed by atoms with van der Waals surface area (Å²) in [5, 5.41) is 5.64. The topological polar surface area (TPSA) is 24.5 Å². The van der Waals surface area contributed by atoms with Gasteiger partial charge in [-0.05, 0) is 46.4 Å². The number of likely N-dealkylation sites (N-methyl/N-ethyl adjacent to an activating group) is 1. The summed E-state index contributed by atoms with van der Waals surface area (Å²) in [5.74, 6) is 0. The molecule has 94 valence electrons. The second kappa shape index (κ2) is 4.63. The molecule has 1 N–H and O–H groups in total. The molecule has 1 aromatic rings. The highest BCUT2D eigenvalue weighted by molar-refractivity contribution is 9.11. The van der Waals surface area contributed by atoms with Crippen LogP contribution >= 0.6 is 27.3 Å². The Balaban J connectivity index is 1.60. The van der Waals surface area contributed by atoms with Gasteiger partial charge >= 0.3 is 0 Å². The Morgan fingerprint density at radius 1 is 1.71 bits per heavy atom. The number of nitrogens with one attached hydrogen (secondary N) is 1. The molecule has 0 aliphatic carbocycles. The molecular formula is C12H17BrN2OS. The van der Waals surface area contributed by atoms with Crippen LogP contribution in [0.3, 0.4) is 0 Å². The number of hydrogen-bond acceptors (Lipinski definition) is 4. The fraction of sp³-hybridized carbons (Fsp3) is 0.667. The SMILES string of the molecule is CN(Cc1ccsc1Br)CC12CNC(CO1)C2. The minimum atomic E-state index is 0.0713. The van der Waals surface area contributed by atoms with Gasteiger partial charge in [0.25, 0.3) is 0 Å².